The van der Waals surface area contributed by atoms with E-state index in [1.165, 1.54) is 19.2 Å². The molecule has 1 rings (SSSR count). The fourth-order valence-corrected chi connectivity index (χ4v) is 1.55. The predicted molar refractivity (Wildman–Crippen MR) is 64.0 cm³/mol. The first-order chi connectivity index (χ1) is 8.25. The molecule has 0 aliphatic heterocycles. The van der Waals surface area contributed by atoms with Gasteiger partial charge in [0, 0.05) is 0 Å². The van der Waals surface area contributed by atoms with Crippen LogP contribution in [0.25, 0.3) is 0 Å². The quantitative estimate of drug-likeness (QED) is 0.902. The SMILES string of the molecule is COc1ccc(C(O)C(C)(C)C)cc1OC(F)F. The molecule has 1 N–H and O–H groups in total. The largest absolute Gasteiger partial charge is 0.493 e. The van der Waals surface area contributed by atoms with E-state index in [0.717, 1.165) is 0 Å². The molecule has 0 spiro atoms. The Morgan fingerprint density at radius 3 is 2.22 bits per heavy atom. The van der Waals surface area contributed by atoms with E-state index in [-0.39, 0.29) is 11.5 Å². The van der Waals surface area contributed by atoms with Crippen LogP contribution in [0.1, 0.15) is 32.4 Å². The lowest BCUT2D eigenvalue weighted by atomic mass is 9.85. The Labute approximate surface area is 105 Å². The predicted octanol–water partition coefficient (Wildman–Crippen LogP) is 3.38. The number of halogens is 2. The molecule has 0 aliphatic carbocycles. The van der Waals surface area contributed by atoms with E-state index in [1.54, 1.807) is 6.07 Å². The van der Waals surface area contributed by atoms with Crippen molar-refractivity contribution in [2.75, 3.05) is 7.11 Å². The molecule has 3 nitrogen and oxygen atoms in total. The molecule has 0 saturated carbocycles. The molecule has 5 heteroatoms. The van der Waals surface area contributed by atoms with Crippen molar-refractivity contribution in [3.63, 3.8) is 0 Å². The number of benzene rings is 1. The van der Waals surface area contributed by atoms with Gasteiger partial charge in [-0.2, -0.15) is 8.78 Å². The third kappa shape index (κ3) is 3.57. The van der Waals surface area contributed by atoms with Crippen molar-refractivity contribution in [3.05, 3.63) is 23.8 Å². The first-order valence-electron chi connectivity index (χ1n) is 5.56. The van der Waals surface area contributed by atoms with E-state index in [4.69, 9.17) is 4.74 Å². The van der Waals surface area contributed by atoms with Gasteiger partial charge in [-0.15, -0.1) is 0 Å². The van der Waals surface area contributed by atoms with Crippen molar-refractivity contribution < 1.29 is 23.4 Å². The maximum absolute atomic E-state index is 12.3. The second-order valence-corrected chi connectivity index (χ2v) is 5.06. The Morgan fingerprint density at radius 1 is 1.17 bits per heavy atom. The molecule has 1 aromatic rings. The second kappa shape index (κ2) is 5.52. The van der Waals surface area contributed by atoms with Crippen LogP contribution in [0.4, 0.5) is 8.78 Å². The van der Waals surface area contributed by atoms with E-state index < -0.39 is 18.1 Å². The van der Waals surface area contributed by atoms with Crippen molar-refractivity contribution in [1.82, 2.24) is 0 Å². The van der Waals surface area contributed by atoms with Crippen LogP contribution >= 0.6 is 0 Å². The van der Waals surface area contributed by atoms with E-state index in [1.807, 2.05) is 20.8 Å². The van der Waals surface area contributed by atoms with Crippen molar-refractivity contribution in [3.8, 4) is 11.5 Å². The summed E-state index contributed by atoms with van der Waals surface area (Å²) in [5.74, 6) is 0.133. The molecule has 0 aromatic heterocycles. The maximum Gasteiger partial charge on any atom is 0.387 e. The van der Waals surface area contributed by atoms with E-state index in [0.29, 0.717) is 5.56 Å². The van der Waals surface area contributed by atoms with E-state index in [9.17, 15) is 13.9 Å². The molecule has 1 unspecified atom stereocenters. The normalized spacial score (nSPS) is 13.6. The molecule has 0 bridgehead atoms. The van der Waals surface area contributed by atoms with Gasteiger partial charge in [0.15, 0.2) is 11.5 Å². The number of methoxy groups -OCH3 is 1. The van der Waals surface area contributed by atoms with Gasteiger partial charge in [-0.25, -0.2) is 0 Å². The van der Waals surface area contributed by atoms with Crippen LogP contribution in [0.15, 0.2) is 18.2 Å². The van der Waals surface area contributed by atoms with Gasteiger partial charge in [0.1, 0.15) is 0 Å². The van der Waals surface area contributed by atoms with Crippen LogP contribution in [-0.2, 0) is 0 Å². The lowest BCUT2D eigenvalue weighted by Gasteiger charge is -2.26. The van der Waals surface area contributed by atoms with Gasteiger partial charge in [-0.3, -0.25) is 0 Å². The Bertz CT molecular complexity index is 400. The fraction of sp³-hybridized carbons (Fsp3) is 0.538. The van der Waals surface area contributed by atoms with Crippen molar-refractivity contribution in [2.24, 2.45) is 5.41 Å². The molecular formula is C13H18F2O3. The lowest BCUT2D eigenvalue weighted by molar-refractivity contribution is -0.0514. The smallest absolute Gasteiger partial charge is 0.387 e. The monoisotopic (exact) mass is 260 g/mol. The standard InChI is InChI=1S/C13H18F2O3/c1-13(2,3)11(16)8-5-6-9(17-4)10(7-8)18-12(14)15/h5-7,11-12,16H,1-4H3. The second-order valence-electron chi connectivity index (χ2n) is 5.06. The highest BCUT2D eigenvalue weighted by molar-refractivity contribution is 5.43. The number of hydrogen-bond donors (Lipinski definition) is 1. The van der Waals surface area contributed by atoms with Crippen LogP contribution < -0.4 is 9.47 Å². The number of rotatable bonds is 4. The van der Waals surface area contributed by atoms with Gasteiger partial charge < -0.3 is 14.6 Å². The maximum atomic E-state index is 12.3. The molecule has 18 heavy (non-hydrogen) atoms. The summed E-state index contributed by atoms with van der Waals surface area (Å²) < 4.78 is 33.8. The first-order valence-corrected chi connectivity index (χ1v) is 5.56. The average molecular weight is 260 g/mol. The van der Waals surface area contributed by atoms with Crippen LogP contribution in [0.2, 0.25) is 0 Å². The molecule has 0 amide bonds. The van der Waals surface area contributed by atoms with Gasteiger partial charge in [0.2, 0.25) is 0 Å². The lowest BCUT2D eigenvalue weighted by Crippen LogP contribution is -2.18. The number of alkyl halides is 2. The molecule has 0 fully saturated rings. The Kier molecular flexibility index (Phi) is 4.51. The molecule has 0 heterocycles. The van der Waals surface area contributed by atoms with E-state index in [2.05, 4.69) is 4.74 Å². The molecule has 1 atom stereocenters. The number of aliphatic hydroxyl groups excluding tert-OH is 1. The van der Waals surface area contributed by atoms with Gasteiger partial charge in [-0.1, -0.05) is 26.8 Å². The molecule has 1 aromatic carbocycles. The Morgan fingerprint density at radius 2 is 1.78 bits per heavy atom. The van der Waals surface area contributed by atoms with Gasteiger partial charge in [0.25, 0.3) is 0 Å². The minimum atomic E-state index is -2.93. The molecule has 0 saturated heterocycles. The zero-order valence-corrected chi connectivity index (χ0v) is 10.9. The minimum Gasteiger partial charge on any atom is -0.493 e. The summed E-state index contributed by atoms with van der Waals surface area (Å²) in [7, 11) is 1.37. The third-order valence-corrected chi connectivity index (χ3v) is 2.54. The van der Waals surface area contributed by atoms with Crippen molar-refractivity contribution in [1.29, 1.82) is 0 Å². The first kappa shape index (κ1) is 14.7. The fourth-order valence-electron chi connectivity index (χ4n) is 1.55. The summed E-state index contributed by atoms with van der Waals surface area (Å²) in [6.07, 6.45) is -0.775. The Hall–Kier alpha value is -1.36. The van der Waals surface area contributed by atoms with Crippen molar-refractivity contribution >= 4 is 0 Å². The van der Waals surface area contributed by atoms with Crippen LogP contribution in [0, 0.1) is 5.41 Å². The highest BCUT2D eigenvalue weighted by Gasteiger charge is 2.25. The zero-order chi connectivity index (χ0) is 13.9. The molecule has 102 valence electrons. The topological polar surface area (TPSA) is 38.7 Å². The average Bonchev–Trinajstić information content (AvgIpc) is 2.26. The summed E-state index contributed by atoms with van der Waals surface area (Å²) in [6.45, 7) is 2.64. The Balaban J connectivity index is 3.10. The number of aliphatic hydroxyl groups is 1. The van der Waals surface area contributed by atoms with Crippen LogP contribution in [0.5, 0.6) is 11.5 Å². The summed E-state index contributed by atoms with van der Waals surface area (Å²) in [5.41, 5.74) is 0.121. The molecule has 0 aliphatic rings. The van der Waals surface area contributed by atoms with Gasteiger partial charge in [0.05, 0.1) is 13.2 Å². The zero-order valence-electron chi connectivity index (χ0n) is 10.9. The van der Waals surface area contributed by atoms with E-state index >= 15 is 0 Å². The summed E-state index contributed by atoms with van der Waals surface area (Å²) in [5, 5.41) is 10.1. The third-order valence-electron chi connectivity index (χ3n) is 2.54. The van der Waals surface area contributed by atoms with Gasteiger partial charge >= 0.3 is 6.61 Å². The van der Waals surface area contributed by atoms with Gasteiger partial charge in [-0.05, 0) is 23.1 Å². The number of ether oxygens (including phenoxy) is 2. The highest BCUT2D eigenvalue weighted by Crippen LogP contribution is 2.37. The number of hydrogen-bond acceptors (Lipinski definition) is 3. The van der Waals surface area contributed by atoms with Crippen LogP contribution in [0.3, 0.4) is 0 Å². The molecular weight excluding hydrogens is 242 g/mol. The minimum absolute atomic E-state index is 0.0756. The summed E-state index contributed by atoms with van der Waals surface area (Å²) >= 11 is 0. The van der Waals surface area contributed by atoms with Crippen molar-refractivity contribution in [2.45, 2.75) is 33.5 Å². The summed E-state index contributed by atoms with van der Waals surface area (Å²) in [6, 6.07) is 4.51. The van der Waals surface area contributed by atoms with Crippen LogP contribution in [-0.4, -0.2) is 18.8 Å². The molecule has 0 radical (unpaired) electrons. The summed E-state index contributed by atoms with van der Waals surface area (Å²) in [4.78, 5) is 0. The highest BCUT2D eigenvalue weighted by atomic mass is 19.3.